The molecule has 3 aromatic rings. The van der Waals surface area contributed by atoms with E-state index in [-0.39, 0.29) is 18.2 Å². The molecule has 1 N–H and O–H groups in total. The number of rotatable bonds is 8. The van der Waals surface area contributed by atoms with Gasteiger partial charge in [-0.05, 0) is 54.4 Å². The van der Waals surface area contributed by atoms with Gasteiger partial charge in [0.05, 0.1) is 13.5 Å². The molecule has 0 fully saturated rings. The third kappa shape index (κ3) is 6.33. The molecule has 0 aromatic heterocycles. The first-order chi connectivity index (χ1) is 15.0. The minimum absolute atomic E-state index is 0.126. The third-order valence-electron chi connectivity index (χ3n) is 4.99. The quantitative estimate of drug-likeness (QED) is 0.543. The van der Waals surface area contributed by atoms with E-state index in [0.29, 0.717) is 23.0 Å². The van der Waals surface area contributed by atoms with E-state index in [1.54, 1.807) is 55.3 Å². The van der Waals surface area contributed by atoms with Gasteiger partial charge in [0, 0.05) is 17.3 Å². The fourth-order valence-corrected chi connectivity index (χ4v) is 3.29. The monoisotopic (exact) mass is 436 g/mol. The summed E-state index contributed by atoms with van der Waals surface area (Å²) >= 11 is 5.99. The number of nitrogens with one attached hydrogen (secondary N) is 1. The average Bonchev–Trinajstić information content (AvgIpc) is 2.79. The predicted octanol–water partition coefficient (Wildman–Crippen LogP) is 4.95. The van der Waals surface area contributed by atoms with E-state index >= 15 is 0 Å². The number of halogens is 1. The lowest BCUT2D eigenvalue weighted by molar-refractivity contribution is -0.138. The van der Waals surface area contributed by atoms with Crippen LogP contribution in [0.25, 0.3) is 0 Å². The zero-order chi connectivity index (χ0) is 22.2. The first kappa shape index (κ1) is 22.4. The fourth-order valence-electron chi connectivity index (χ4n) is 3.16. The maximum atomic E-state index is 13.2. The van der Waals surface area contributed by atoms with Crippen molar-refractivity contribution in [1.29, 1.82) is 0 Å². The summed E-state index contributed by atoms with van der Waals surface area (Å²) < 4.78 is 5.15. The molecule has 3 rings (SSSR count). The van der Waals surface area contributed by atoms with Gasteiger partial charge < -0.3 is 15.0 Å². The average molecular weight is 437 g/mol. The van der Waals surface area contributed by atoms with Crippen LogP contribution in [0.1, 0.15) is 18.1 Å². The van der Waals surface area contributed by atoms with Gasteiger partial charge in [-0.25, -0.2) is 0 Å². The number of hydrogen-bond donors (Lipinski definition) is 1. The number of nitrogens with zero attached hydrogens (tertiary/aromatic N) is 1. The summed E-state index contributed by atoms with van der Waals surface area (Å²) in [6.45, 7) is 2.04. The molecule has 0 aliphatic carbocycles. The topological polar surface area (TPSA) is 58.6 Å². The molecule has 0 radical (unpaired) electrons. The summed E-state index contributed by atoms with van der Waals surface area (Å²) in [5, 5.41) is 3.50. The molecule has 1 atom stereocenters. The lowest BCUT2D eigenvalue weighted by Gasteiger charge is -2.29. The highest BCUT2D eigenvalue weighted by atomic mass is 35.5. The van der Waals surface area contributed by atoms with Gasteiger partial charge in [0.2, 0.25) is 11.8 Å². The Hall–Kier alpha value is -3.31. The Morgan fingerprint density at radius 1 is 0.935 bits per heavy atom. The molecular formula is C25H25ClN2O3. The summed E-state index contributed by atoms with van der Waals surface area (Å²) in [5.74, 6) is 0.313. The number of carbonyl (C=O) groups excluding carboxylic acids is 2. The Morgan fingerprint density at radius 3 is 2.19 bits per heavy atom. The first-order valence-electron chi connectivity index (χ1n) is 9.99. The molecule has 5 nitrogen and oxygen atoms in total. The van der Waals surface area contributed by atoms with Gasteiger partial charge in [-0.1, -0.05) is 54.1 Å². The summed E-state index contributed by atoms with van der Waals surface area (Å²) in [4.78, 5) is 27.7. The third-order valence-corrected chi connectivity index (χ3v) is 5.24. The summed E-state index contributed by atoms with van der Waals surface area (Å²) in [6, 6.07) is 23.2. The molecule has 0 aliphatic heterocycles. The van der Waals surface area contributed by atoms with E-state index in [2.05, 4.69) is 5.32 Å². The fraction of sp³-hybridized carbons (Fsp3) is 0.200. The van der Waals surface area contributed by atoms with Gasteiger partial charge in [-0.3, -0.25) is 9.59 Å². The molecule has 160 valence electrons. The van der Waals surface area contributed by atoms with Gasteiger partial charge in [0.15, 0.2) is 0 Å². The molecule has 0 heterocycles. The smallest absolute Gasteiger partial charge is 0.246 e. The van der Waals surface area contributed by atoms with Crippen molar-refractivity contribution in [2.75, 3.05) is 12.4 Å². The van der Waals surface area contributed by atoms with Crippen molar-refractivity contribution in [3.63, 3.8) is 0 Å². The molecule has 0 spiro atoms. The second-order valence-electron chi connectivity index (χ2n) is 7.20. The van der Waals surface area contributed by atoms with Gasteiger partial charge in [0.1, 0.15) is 11.8 Å². The molecule has 0 aliphatic rings. The molecule has 31 heavy (non-hydrogen) atoms. The maximum absolute atomic E-state index is 13.2. The zero-order valence-corrected chi connectivity index (χ0v) is 18.3. The molecule has 0 saturated heterocycles. The lowest BCUT2D eigenvalue weighted by Crippen LogP contribution is -2.45. The van der Waals surface area contributed by atoms with Crippen molar-refractivity contribution >= 4 is 29.1 Å². The van der Waals surface area contributed by atoms with Crippen LogP contribution in [0.2, 0.25) is 5.02 Å². The standard InChI is InChI=1S/C25H25ClN2O3/c1-18(25(30)27-22-12-14-23(31-2)15-13-22)28(17-20-8-10-21(26)11-9-20)24(29)16-19-6-4-3-5-7-19/h3-15,18H,16-17H2,1-2H3,(H,27,30). The van der Waals surface area contributed by atoms with Crippen LogP contribution in [-0.2, 0) is 22.6 Å². The summed E-state index contributed by atoms with van der Waals surface area (Å²) in [7, 11) is 1.59. The van der Waals surface area contributed by atoms with E-state index in [1.165, 1.54) is 0 Å². The first-order valence-corrected chi connectivity index (χ1v) is 10.4. The second-order valence-corrected chi connectivity index (χ2v) is 7.64. The number of ether oxygens (including phenoxy) is 1. The minimum Gasteiger partial charge on any atom is -0.497 e. The van der Waals surface area contributed by atoms with E-state index in [9.17, 15) is 9.59 Å². The van der Waals surface area contributed by atoms with Crippen molar-refractivity contribution in [3.8, 4) is 5.75 Å². The van der Waals surface area contributed by atoms with Crippen LogP contribution in [0.5, 0.6) is 5.75 Å². The van der Waals surface area contributed by atoms with Crippen LogP contribution in [-0.4, -0.2) is 29.9 Å². The highest BCUT2D eigenvalue weighted by Gasteiger charge is 2.26. The Morgan fingerprint density at radius 2 is 1.58 bits per heavy atom. The molecule has 6 heteroatoms. The van der Waals surface area contributed by atoms with Crippen LogP contribution < -0.4 is 10.1 Å². The summed E-state index contributed by atoms with van der Waals surface area (Å²) in [5.41, 5.74) is 2.44. The van der Waals surface area contributed by atoms with Crippen LogP contribution in [0.15, 0.2) is 78.9 Å². The van der Waals surface area contributed by atoms with Crippen molar-refractivity contribution in [3.05, 3.63) is 95.0 Å². The molecule has 1 unspecified atom stereocenters. The van der Waals surface area contributed by atoms with Crippen molar-refractivity contribution in [2.24, 2.45) is 0 Å². The van der Waals surface area contributed by atoms with Gasteiger partial charge >= 0.3 is 0 Å². The number of carbonyl (C=O) groups is 2. The molecule has 3 aromatic carbocycles. The van der Waals surface area contributed by atoms with Crippen LogP contribution in [0.4, 0.5) is 5.69 Å². The Kier molecular flexibility index (Phi) is 7.68. The zero-order valence-electron chi connectivity index (χ0n) is 17.5. The normalized spacial score (nSPS) is 11.5. The van der Waals surface area contributed by atoms with Crippen LogP contribution in [0, 0.1) is 0 Å². The number of methoxy groups -OCH3 is 1. The van der Waals surface area contributed by atoms with Crippen molar-refractivity contribution < 1.29 is 14.3 Å². The van der Waals surface area contributed by atoms with Crippen LogP contribution >= 0.6 is 11.6 Å². The van der Waals surface area contributed by atoms with Gasteiger partial charge in [-0.15, -0.1) is 0 Å². The summed E-state index contributed by atoms with van der Waals surface area (Å²) in [6.07, 6.45) is 0.217. The molecule has 0 saturated carbocycles. The number of benzene rings is 3. The van der Waals surface area contributed by atoms with E-state index in [4.69, 9.17) is 16.3 Å². The van der Waals surface area contributed by atoms with Gasteiger partial charge in [-0.2, -0.15) is 0 Å². The predicted molar refractivity (Wildman–Crippen MR) is 123 cm³/mol. The van der Waals surface area contributed by atoms with E-state index in [0.717, 1.165) is 11.1 Å². The SMILES string of the molecule is COc1ccc(NC(=O)C(C)N(Cc2ccc(Cl)cc2)C(=O)Cc2ccccc2)cc1. The lowest BCUT2D eigenvalue weighted by atomic mass is 10.1. The highest BCUT2D eigenvalue weighted by Crippen LogP contribution is 2.18. The van der Waals surface area contributed by atoms with Crippen LogP contribution in [0.3, 0.4) is 0 Å². The molecule has 2 amide bonds. The number of amides is 2. The minimum atomic E-state index is -0.672. The molecular weight excluding hydrogens is 412 g/mol. The highest BCUT2D eigenvalue weighted by molar-refractivity contribution is 6.30. The second kappa shape index (κ2) is 10.6. The Bertz CT molecular complexity index is 1010. The van der Waals surface area contributed by atoms with Gasteiger partial charge in [0.25, 0.3) is 0 Å². The van der Waals surface area contributed by atoms with E-state index in [1.807, 2.05) is 42.5 Å². The van der Waals surface area contributed by atoms with E-state index < -0.39 is 6.04 Å². The number of hydrogen-bond acceptors (Lipinski definition) is 3. The maximum Gasteiger partial charge on any atom is 0.246 e. The van der Waals surface area contributed by atoms with Crippen molar-refractivity contribution in [2.45, 2.75) is 25.9 Å². The largest absolute Gasteiger partial charge is 0.497 e. The Labute approximate surface area is 187 Å². The van der Waals surface area contributed by atoms with Crippen molar-refractivity contribution in [1.82, 2.24) is 4.90 Å². The molecule has 0 bridgehead atoms. The number of anilines is 1. The Balaban J connectivity index is 1.77.